The van der Waals surface area contributed by atoms with Crippen LogP contribution in [0.25, 0.3) is 0 Å². The third kappa shape index (κ3) is 5.69. The largest absolute Gasteiger partial charge is 0.419 e. The van der Waals surface area contributed by atoms with Gasteiger partial charge in [0.15, 0.2) is 5.69 Å². The number of halogens is 3. The molecule has 1 saturated heterocycles. The van der Waals surface area contributed by atoms with Crippen molar-refractivity contribution in [2.45, 2.75) is 70.4 Å². The van der Waals surface area contributed by atoms with E-state index in [1.54, 1.807) is 7.05 Å². The lowest BCUT2D eigenvalue weighted by molar-refractivity contribution is -0.138. The van der Waals surface area contributed by atoms with Gasteiger partial charge in [-0.3, -0.25) is 14.5 Å². The van der Waals surface area contributed by atoms with Gasteiger partial charge in [0.25, 0.3) is 0 Å². The molecule has 2 fully saturated rings. The highest BCUT2D eigenvalue weighted by molar-refractivity contribution is 7.80. The Hall–Kier alpha value is -3.32. The summed E-state index contributed by atoms with van der Waals surface area (Å²) in [4.78, 5) is 30.8. The van der Waals surface area contributed by atoms with Crippen molar-refractivity contribution in [1.29, 1.82) is 5.26 Å². The molecule has 1 aromatic heterocycles. The summed E-state index contributed by atoms with van der Waals surface area (Å²) in [5, 5.41) is 11.7. The summed E-state index contributed by atoms with van der Waals surface area (Å²) in [6.45, 7) is 2.09. The van der Waals surface area contributed by atoms with Crippen molar-refractivity contribution in [1.82, 2.24) is 10.3 Å². The molecule has 10 heteroatoms. The minimum absolute atomic E-state index is 0.00287. The van der Waals surface area contributed by atoms with Gasteiger partial charge in [-0.15, -0.1) is 0 Å². The maximum Gasteiger partial charge on any atom is 0.419 e. The van der Waals surface area contributed by atoms with Gasteiger partial charge < -0.3 is 5.32 Å². The number of alkyl halides is 3. The number of nitriles is 1. The average Bonchev–Trinajstić information content (AvgIpc) is 3.41. The SMILES string of the molecule is CNC(=O)CCCc1ccc(C(C)C2CC(=S)N(c3cnc(C#N)c(C(F)(F)F)c3)C(=O)C23CCCC3)cc1. The van der Waals surface area contributed by atoms with Crippen molar-refractivity contribution in [2.75, 3.05) is 11.9 Å². The second-order valence-electron chi connectivity index (χ2n) is 10.5. The first-order valence-electron chi connectivity index (χ1n) is 13.2. The average molecular weight is 557 g/mol. The number of pyridine rings is 1. The summed E-state index contributed by atoms with van der Waals surface area (Å²) in [6.07, 6.45) is 1.74. The summed E-state index contributed by atoms with van der Waals surface area (Å²) in [5.41, 5.74) is -0.495. The molecule has 1 saturated carbocycles. The van der Waals surface area contributed by atoms with E-state index in [1.165, 1.54) is 11.0 Å². The number of benzene rings is 1. The molecule has 2 aromatic rings. The van der Waals surface area contributed by atoms with Crippen LogP contribution in [-0.2, 0) is 22.2 Å². The number of carbonyl (C=O) groups is 2. The van der Waals surface area contributed by atoms with Gasteiger partial charge in [-0.1, -0.05) is 56.2 Å². The predicted molar refractivity (Wildman–Crippen MR) is 145 cm³/mol. The van der Waals surface area contributed by atoms with Gasteiger partial charge in [0, 0.05) is 19.9 Å². The van der Waals surface area contributed by atoms with E-state index in [4.69, 9.17) is 17.5 Å². The van der Waals surface area contributed by atoms with Gasteiger partial charge in [0.05, 0.1) is 27.9 Å². The van der Waals surface area contributed by atoms with Crippen LogP contribution in [0.4, 0.5) is 18.9 Å². The fourth-order valence-corrected chi connectivity index (χ4v) is 6.52. The molecule has 2 atom stereocenters. The standard InChI is InChI=1S/C29H31F3N4O2S/c1-18(20-10-8-19(9-11-20)6-5-7-25(37)34-2)22-15-26(39)36(27(38)28(22)12-3-4-13-28)21-14-23(29(30,31)32)24(16-33)35-17-21/h8-11,14,17-18,22H,3-7,12-13,15H2,1-2H3,(H,34,37). The highest BCUT2D eigenvalue weighted by Gasteiger charge is 2.55. The lowest BCUT2D eigenvalue weighted by atomic mass is 9.62. The van der Waals surface area contributed by atoms with Crippen LogP contribution in [-0.4, -0.2) is 28.8 Å². The zero-order valence-corrected chi connectivity index (χ0v) is 22.8. The molecule has 1 aliphatic heterocycles. The van der Waals surface area contributed by atoms with E-state index in [-0.39, 0.29) is 34.3 Å². The maximum atomic E-state index is 14.1. The van der Waals surface area contributed by atoms with Gasteiger partial charge in [0.1, 0.15) is 6.07 Å². The van der Waals surface area contributed by atoms with E-state index < -0.39 is 22.8 Å². The van der Waals surface area contributed by atoms with Gasteiger partial charge >= 0.3 is 6.18 Å². The molecule has 2 amide bonds. The van der Waals surface area contributed by atoms with Crippen LogP contribution in [0.5, 0.6) is 0 Å². The number of aryl methyl sites for hydroxylation is 1. The molecule has 0 bridgehead atoms. The lowest BCUT2D eigenvalue weighted by Crippen LogP contribution is -2.56. The Morgan fingerprint density at radius 3 is 2.54 bits per heavy atom. The molecule has 0 radical (unpaired) electrons. The molecule has 4 rings (SSSR count). The smallest absolute Gasteiger partial charge is 0.359 e. The molecular weight excluding hydrogens is 525 g/mol. The lowest BCUT2D eigenvalue weighted by Gasteiger charge is -2.48. The molecule has 1 aromatic carbocycles. The van der Waals surface area contributed by atoms with Crippen molar-refractivity contribution < 1.29 is 22.8 Å². The van der Waals surface area contributed by atoms with E-state index in [0.717, 1.165) is 49.1 Å². The molecule has 6 nitrogen and oxygen atoms in total. The number of piperidine rings is 1. The van der Waals surface area contributed by atoms with Crippen molar-refractivity contribution in [3.8, 4) is 6.07 Å². The number of amides is 2. The second-order valence-corrected chi connectivity index (χ2v) is 10.9. The molecule has 2 heterocycles. The first-order chi connectivity index (χ1) is 18.5. The first kappa shape index (κ1) is 28.7. The summed E-state index contributed by atoms with van der Waals surface area (Å²) in [5.74, 6) is -0.361. The fraction of sp³-hybridized carbons (Fsp3) is 0.483. The Labute approximate surface area is 231 Å². The molecule has 1 N–H and O–H groups in total. The highest BCUT2D eigenvalue weighted by Crippen LogP contribution is 2.55. The molecule has 39 heavy (non-hydrogen) atoms. The number of hydrogen-bond donors (Lipinski definition) is 1. The first-order valence-corrected chi connectivity index (χ1v) is 13.6. The van der Waals surface area contributed by atoms with Crippen LogP contribution in [0.1, 0.15) is 80.2 Å². The third-order valence-corrected chi connectivity index (χ3v) is 8.63. The monoisotopic (exact) mass is 556 g/mol. The summed E-state index contributed by atoms with van der Waals surface area (Å²) in [7, 11) is 1.62. The number of anilines is 1. The molecular formula is C29H31F3N4O2S. The van der Waals surface area contributed by atoms with Gasteiger partial charge in [-0.25, -0.2) is 4.98 Å². The van der Waals surface area contributed by atoms with E-state index in [9.17, 15) is 22.8 Å². The molecule has 2 unspecified atom stereocenters. The number of nitrogens with one attached hydrogen (secondary N) is 1. The number of hydrogen-bond acceptors (Lipinski definition) is 5. The Morgan fingerprint density at radius 2 is 1.95 bits per heavy atom. The molecule has 1 spiro atoms. The number of rotatable bonds is 7. The summed E-state index contributed by atoms with van der Waals surface area (Å²) < 4.78 is 40.9. The van der Waals surface area contributed by atoms with Gasteiger partial charge in [-0.05, 0) is 54.7 Å². The fourth-order valence-electron chi connectivity index (χ4n) is 6.16. The minimum atomic E-state index is -4.79. The molecule has 1 aliphatic carbocycles. The van der Waals surface area contributed by atoms with Crippen LogP contribution < -0.4 is 10.2 Å². The summed E-state index contributed by atoms with van der Waals surface area (Å²) in [6, 6.07) is 10.5. The predicted octanol–water partition coefficient (Wildman–Crippen LogP) is 6.09. The Kier molecular flexibility index (Phi) is 8.40. The van der Waals surface area contributed by atoms with Gasteiger partial charge in [0.2, 0.25) is 11.8 Å². The van der Waals surface area contributed by atoms with Crippen LogP contribution in [0, 0.1) is 22.7 Å². The Balaban J connectivity index is 1.60. The number of thiocarbonyl (C=S) groups is 1. The Morgan fingerprint density at radius 1 is 1.28 bits per heavy atom. The van der Waals surface area contributed by atoms with Crippen molar-refractivity contribution in [3.63, 3.8) is 0 Å². The maximum absolute atomic E-state index is 14.1. The van der Waals surface area contributed by atoms with E-state index in [0.29, 0.717) is 25.7 Å². The second kappa shape index (κ2) is 11.4. The topological polar surface area (TPSA) is 86.1 Å². The van der Waals surface area contributed by atoms with Crippen molar-refractivity contribution in [2.24, 2.45) is 11.3 Å². The number of aromatic nitrogens is 1. The van der Waals surface area contributed by atoms with Crippen LogP contribution in [0.3, 0.4) is 0 Å². The normalized spacial score (nSPS) is 19.7. The summed E-state index contributed by atoms with van der Waals surface area (Å²) >= 11 is 5.65. The van der Waals surface area contributed by atoms with Crippen molar-refractivity contribution >= 4 is 34.7 Å². The quantitative estimate of drug-likeness (QED) is 0.418. The highest BCUT2D eigenvalue weighted by atomic mass is 32.1. The van der Waals surface area contributed by atoms with Crippen LogP contribution >= 0.6 is 12.2 Å². The van der Waals surface area contributed by atoms with Crippen LogP contribution in [0.2, 0.25) is 0 Å². The van der Waals surface area contributed by atoms with Crippen LogP contribution in [0.15, 0.2) is 36.5 Å². The third-order valence-electron chi connectivity index (χ3n) is 8.28. The van der Waals surface area contributed by atoms with Gasteiger partial charge in [-0.2, -0.15) is 18.4 Å². The van der Waals surface area contributed by atoms with E-state index >= 15 is 0 Å². The Bertz CT molecular complexity index is 1300. The zero-order valence-electron chi connectivity index (χ0n) is 22.0. The number of carbonyl (C=O) groups excluding carboxylic acids is 2. The van der Waals surface area contributed by atoms with Crippen molar-refractivity contribution in [3.05, 3.63) is 58.9 Å². The number of nitrogens with zero attached hydrogens (tertiary/aromatic N) is 3. The van der Waals surface area contributed by atoms with E-state index in [2.05, 4.69) is 29.4 Å². The zero-order chi connectivity index (χ0) is 28.4. The minimum Gasteiger partial charge on any atom is -0.359 e. The van der Waals surface area contributed by atoms with E-state index in [1.807, 2.05) is 12.1 Å². The molecule has 206 valence electrons. The molecule has 2 aliphatic rings.